The smallest absolute Gasteiger partial charge is 0.232 e. The van der Waals surface area contributed by atoms with Gasteiger partial charge in [-0.05, 0) is 43.2 Å². The lowest BCUT2D eigenvalue weighted by Gasteiger charge is -2.27. The van der Waals surface area contributed by atoms with Crippen molar-refractivity contribution < 1.29 is 22.4 Å². The highest BCUT2D eigenvalue weighted by Gasteiger charge is 2.29. The van der Waals surface area contributed by atoms with E-state index in [0.717, 1.165) is 56.0 Å². The molecule has 208 valence electrons. The molecule has 5 rings (SSSR count). The van der Waals surface area contributed by atoms with Gasteiger partial charge in [0.1, 0.15) is 0 Å². The first kappa shape index (κ1) is 28.7. The molecular weight excluding hydrogens is 506 g/mol. The predicted molar refractivity (Wildman–Crippen MR) is 145 cm³/mol. The molecule has 2 aliphatic carbocycles. The molecule has 8 heteroatoms. The molecule has 1 aromatic heterocycles. The van der Waals surface area contributed by atoms with Crippen LogP contribution in [0.5, 0.6) is 0 Å². The predicted octanol–water partition coefficient (Wildman–Crippen LogP) is 7.46. The van der Waals surface area contributed by atoms with Crippen molar-refractivity contribution in [2.45, 2.75) is 78.6 Å². The van der Waals surface area contributed by atoms with Gasteiger partial charge in [0.05, 0.1) is 23.5 Å². The summed E-state index contributed by atoms with van der Waals surface area (Å²) in [5, 5.41) is 0. The van der Waals surface area contributed by atoms with E-state index in [9.17, 15) is 22.4 Å². The van der Waals surface area contributed by atoms with Crippen LogP contribution in [-0.2, 0) is 30.5 Å². The van der Waals surface area contributed by atoms with E-state index in [1.807, 2.05) is 32.0 Å². The average molecular weight is 542 g/mol. The summed E-state index contributed by atoms with van der Waals surface area (Å²) in [6, 6.07) is 8.09. The summed E-state index contributed by atoms with van der Waals surface area (Å²) in [5.41, 5.74) is 3.61. The Morgan fingerprint density at radius 1 is 0.923 bits per heavy atom. The van der Waals surface area contributed by atoms with Crippen molar-refractivity contribution in [1.29, 1.82) is 0 Å². The van der Waals surface area contributed by atoms with E-state index in [-0.39, 0.29) is 0 Å². The summed E-state index contributed by atoms with van der Waals surface area (Å²) in [5.74, 6) is -6.64. The Labute approximate surface area is 227 Å². The van der Waals surface area contributed by atoms with E-state index < -0.39 is 46.7 Å². The van der Waals surface area contributed by atoms with Crippen LogP contribution in [0.25, 0.3) is 11.3 Å². The largest absolute Gasteiger partial charge is 0.298 e. The molecule has 39 heavy (non-hydrogen) atoms. The molecule has 0 radical (unpaired) electrons. The number of anilines is 1. The molecule has 1 amide bonds. The van der Waals surface area contributed by atoms with Crippen LogP contribution in [0.15, 0.2) is 24.3 Å². The molecule has 1 heterocycles. The number of nitrogens with zero attached hydrogens (tertiary/aromatic N) is 3. The Hall–Kier alpha value is -3.29. The molecule has 0 atom stereocenters. The third-order valence-electron chi connectivity index (χ3n) is 7.77. The van der Waals surface area contributed by atoms with Crippen LogP contribution in [0, 0.1) is 36.1 Å². The number of aromatic nitrogens is 2. The second-order valence-electron chi connectivity index (χ2n) is 10.1. The lowest BCUT2D eigenvalue weighted by Crippen LogP contribution is -2.32. The van der Waals surface area contributed by atoms with Crippen LogP contribution in [-0.4, -0.2) is 22.9 Å². The van der Waals surface area contributed by atoms with Gasteiger partial charge in [0.2, 0.25) is 5.91 Å². The van der Waals surface area contributed by atoms with Crippen LogP contribution >= 0.6 is 0 Å². The highest BCUT2D eigenvalue weighted by atomic mass is 19.2. The minimum atomic E-state index is -1.92. The molecule has 3 aromatic rings. The molecular formula is C31H35F4N3O. The molecule has 4 nitrogen and oxygen atoms in total. The molecule has 0 aliphatic heterocycles. The van der Waals surface area contributed by atoms with Crippen molar-refractivity contribution in [3.63, 3.8) is 0 Å². The molecule has 1 fully saturated rings. The number of aryl methyl sites for hydroxylation is 2. The Bertz CT molecular complexity index is 1340. The van der Waals surface area contributed by atoms with E-state index in [2.05, 4.69) is 6.07 Å². The summed E-state index contributed by atoms with van der Waals surface area (Å²) in [7, 11) is 1.52. The number of benzene rings is 2. The normalized spacial score (nSPS) is 14.7. The maximum atomic E-state index is 14.5. The first-order valence-electron chi connectivity index (χ1n) is 13.8. The average Bonchev–Trinajstić information content (AvgIpc) is 2.98. The van der Waals surface area contributed by atoms with Crippen molar-refractivity contribution >= 4 is 11.7 Å². The second-order valence-corrected chi connectivity index (χ2v) is 10.1. The van der Waals surface area contributed by atoms with Gasteiger partial charge in [0.25, 0.3) is 0 Å². The van der Waals surface area contributed by atoms with E-state index in [1.54, 1.807) is 0 Å². The molecule has 0 bridgehead atoms. The van der Waals surface area contributed by atoms with E-state index in [0.29, 0.717) is 30.3 Å². The minimum absolute atomic E-state index is 0.384. The van der Waals surface area contributed by atoms with Gasteiger partial charge in [0, 0.05) is 18.2 Å². The van der Waals surface area contributed by atoms with Crippen molar-refractivity contribution in [3.8, 4) is 11.3 Å². The fourth-order valence-corrected chi connectivity index (χ4v) is 5.56. The maximum absolute atomic E-state index is 14.5. The SMILES string of the molecule is CC.Cc1c(F)c(F)c(F)c(F)c1CC(=O)N(C)c1nc2c(nc1CC1CCCCC1)-c1ccccc1CC2. The molecule has 1 saturated carbocycles. The van der Waals surface area contributed by atoms with Crippen molar-refractivity contribution in [2.24, 2.45) is 5.92 Å². The fourth-order valence-electron chi connectivity index (χ4n) is 5.56. The number of hydrogen-bond donors (Lipinski definition) is 0. The fraction of sp³-hybridized carbons (Fsp3) is 0.452. The van der Waals surface area contributed by atoms with Crippen LogP contribution < -0.4 is 4.90 Å². The van der Waals surface area contributed by atoms with Crippen LogP contribution in [0.1, 0.15) is 74.0 Å². The van der Waals surface area contributed by atoms with Gasteiger partial charge in [-0.15, -0.1) is 0 Å². The monoisotopic (exact) mass is 541 g/mol. The van der Waals surface area contributed by atoms with Gasteiger partial charge in [0.15, 0.2) is 29.1 Å². The van der Waals surface area contributed by atoms with E-state index in [4.69, 9.17) is 9.97 Å². The molecule has 0 N–H and O–H groups in total. The first-order chi connectivity index (χ1) is 18.8. The molecule has 2 aliphatic rings. The zero-order valence-corrected chi connectivity index (χ0v) is 23.0. The lowest BCUT2D eigenvalue weighted by atomic mass is 9.85. The number of hydrogen-bond acceptors (Lipinski definition) is 3. The van der Waals surface area contributed by atoms with E-state index >= 15 is 0 Å². The quantitative estimate of drug-likeness (QED) is 0.191. The van der Waals surface area contributed by atoms with Crippen molar-refractivity contribution in [1.82, 2.24) is 9.97 Å². The van der Waals surface area contributed by atoms with Gasteiger partial charge in [-0.1, -0.05) is 70.2 Å². The van der Waals surface area contributed by atoms with Crippen LogP contribution in [0.4, 0.5) is 23.4 Å². The summed E-state index contributed by atoms with van der Waals surface area (Å²) in [6.07, 6.45) is 7.15. The zero-order valence-electron chi connectivity index (χ0n) is 23.0. The third kappa shape index (κ3) is 5.70. The number of fused-ring (bicyclic) bond motifs is 3. The number of halogens is 4. The Balaban J connectivity index is 0.00000172. The highest BCUT2D eigenvalue weighted by molar-refractivity contribution is 5.94. The number of carbonyl (C=O) groups excluding carboxylic acids is 1. The Kier molecular flexibility index (Phi) is 9.03. The third-order valence-corrected chi connectivity index (χ3v) is 7.77. The summed E-state index contributed by atoms with van der Waals surface area (Å²) in [4.78, 5) is 24.5. The minimum Gasteiger partial charge on any atom is -0.298 e. The van der Waals surface area contributed by atoms with E-state index in [1.165, 1.54) is 23.9 Å². The van der Waals surface area contributed by atoms with Gasteiger partial charge < -0.3 is 0 Å². The molecule has 0 saturated heterocycles. The number of amides is 1. The standard InChI is InChI=1S/C29H29F4N3O.C2H6/c1-16-20(25(31)27(33)26(32)24(16)30)15-23(37)36(2)29-22(14-17-8-4-3-5-9-17)34-28-19-11-7-6-10-18(19)12-13-21(28)35-29;1-2/h6-7,10-11,17H,3-5,8-9,12-15H2,1-2H3;1-2H3. The van der Waals surface area contributed by atoms with Gasteiger partial charge in [-0.25, -0.2) is 27.5 Å². The zero-order chi connectivity index (χ0) is 28.3. The van der Waals surface area contributed by atoms with Crippen LogP contribution in [0.3, 0.4) is 0 Å². The van der Waals surface area contributed by atoms with Crippen molar-refractivity contribution in [3.05, 3.63) is 75.6 Å². The summed E-state index contributed by atoms with van der Waals surface area (Å²) < 4.78 is 56.1. The Morgan fingerprint density at radius 2 is 1.59 bits per heavy atom. The van der Waals surface area contributed by atoms with Gasteiger partial charge in [-0.2, -0.15) is 0 Å². The first-order valence-corrected chi connectivity index (χ1v) is 13.8. The van der Waals surface area contributed by atoms with Crippen LogP contribution in [0.2, 0.25) is 0 Å². The number of rotatable bonds is 5. The second kappa shape index (κ2) is 12.3. The molecule has 0 spiro atoms. The topological polar surface area (TPSA) is 46.1 Å². The van der Waals surface area contributed by atoms with Crippen molar-refractivity contribution in [2.75, 3.05) is 11.9 Å². The highest BCUT2D eigenvalue weighted by Crippen LogP contribution is 2.36. The maximum Gasteiger partial charge on any atom is 0.232 e. The molecule has 2 aromatic carbocycles. The van der Waals surface area contributed by atoms with Gasteiger partial charge in [-0.3, -0.25) is 9.69 Å². The molecule has 0 unspecified atom stereocenters. The lowest BCUT2D eigenvalue weighted by molar-refractivity contribution is -0.117. The summed E-state index contributed by atoms with van der Waals surface area (Å²) in [6.45, 7) is 5.13. The number of likely N-dealkylation sites (N-methyl/N-ethyl adjacent to an activating group) is 1. The Morgan fingerprint density at radius 3 is 2.31 bits per heavy atom. The summed E-state index contributed by atoms with van der Waals surface area (Å²) >= 11 is 0. The number of carbonyl (C=O) groups is 1. The van der Waals surface area contributed by atoms with Gasteiger partial charge >= 0.3 is 0 Å².